The van der Waals surface area contributed by atoms with E-state index in [4.69, 9.17) is 4.74 Å². The molecule has 1 saturated heterocycles. The van der Waals surface area contributed by atoms with Gasteiger partial charge < -0.3 is 4.74 Å². The van der Waals surface area contributed by atoms with Gasteiger partial charge >= 0.3 is 0 Å². The number of hydrogen-bond donors (Lipinski definition) is 0. The molecule has 1 aliphatic carbocycles. The highest BCUT2D eigenvalue weighted by Gasteiger charge is 2.48. The van der Waals surface area contributed by atoms with Gasteiger partial charge in [0, 0.05) is 0 Å². The van der Waals surface area contributed by atoms with Gasteiger partial charge in [0.15, 0.2) is 0 Å². The first-order valence-corrected chi connectivity index (χ1v) is 3.49. The second kappa shape index (κ2) is 1.27. The molecule has 1 spiro atoms. The molecule has 1 heteroatoms. The third kappa shape index (κ3) is 0.576. The van der Waals surface area contributed by atoms with E-state index >= 15 is 0 Å². The van der Waals surface area contributed by atoms with Gasteiger partial charge in [-0.2, -0.15) is 0 Å². The van der Waals surface area contributed by atoms with Crippen LogP contribution in [-0.4, -0.2) is 11.7 Å². The summed E-state index contributed by atoms with van der Waals surface area (Å²) in [7, 11) is 0. The Kier molecular flexibility index (Phi) is 0.762. The van der Waals surface area contributed by atoms with Crippen molar-refractivity contribution >= 4 is 0 Å². The topological polar surface area (TPSA) is 9.23 Å². The zero-order valence-corrected chi connectivity index (χ0v) is 5.31. The summed E-state index contributed by atoms with van der Waals surface area (Å²) in [4.78, 5) is 0. The van der Waals surface area contributed by atoms with Crippen LogP contribution in [0.25, 0.3) is 0 Å². The molecule has 0 unspecified atom stereocenters. The van der Waals surface area contributed by atoms with E-state index in [0.717, 1.165) is 0 Å². The molecule has 0 radical (unpaired) electrons. The average Bonchev–Trinajstić information content (AvgIpc) is 2.34. The number of ether oxygens (including phenoxy) is 1. The molecular weight excluding hydrogens is 100 g/mol. The zero-order chi connectivity index (χ0) is 5.61. The molecule has 1 nitrogen and oxygen atoms in total. The summed E-state index contributed by atoms with van der Waals surface area (Å²) in [6.45, 7) is 2.17. The third-order valence-corrected chi connectivity index (χ3v) is 2.27. The number of rotatable bonds is 0. The van der Waals surface area contributed by atoms with Crippen LogP contribution in [-0.2, 0) is 4.74 Å². The van der Waals surface area contributed by atoms with Gasteiger partial charge in [-0.25, -0.2) is 0 Å². The molecule has 8 heavy (non-hydrogen) atoms. The van der Waals surface area contributed by atoms with Crippen molar-refractivity contribution in [2.45, 2.75) is 44.3 Å². The molecule has 2 fully saturated rings. The maximum atomic E-state index is 5.66. The molecule has 0 aromatic heterocycles. The Balaban J connectivity index is 2.03. The first-order chi connectivity index (χ1) is 3.81. The summed E-state index contributed by atoms with van der Waals surface area (Å²) in [5.41, 5.74) is 0.416. The molecule has 46 valence electrons. The lowest BCUT2D eigenvalue weighted by Crippen LogP contribution is -2.07. The fraction of sp³-hybridized carbons (Fsp3) is 1.00. The van der Waals surface area contributed by atoms with E-state index in [-0.39, 0.29) is 0 Å². The predicted octanol–water partition coefficient (Wildman–Crippen LogP) is 1.72. The fourth-order valence-corrected chi connectivity index (χ4v) is 1.52. The second-order valence-electron chi connectivity index (χ2n) is 3.15. The van der Waals surface area contributed by atoms with Crippen molar-refractivity contribution in [3.05, 3.63) is 0 Å². The van der Waals surface area contributed by atoms with Crippen molar-refractivity contribution in [2.75, 3.05) is 0 Å². The Morgan fingerprint density at radius 2 is 2.12 bits per heavy atom. The van der Waals surface area contributed by atoms with E-state index in [9.17, 15) is 0 Å². The van der Waals surface area contributed by atoms with Crippen LogP contribution in [0.5, 0.6) is 0 Å². The fourth-order valence-electron chi connectivity index (χ4n) is 1.52. The van der Waals surface area contributed by atoms with Gasteiger partial charge in [-0.15, -0.1) is 0 Å². The Morgan fingerprint density at radius 1 is 1.38 bits per heavy atom. The maximum Gasteiger partial charge on any atom is 0.0689 e. The highest BCUT2D eigenvalue weighted by molar-refractivity contribution is 4.99. The Morgan fingerprint density at radius 3 is 2.38 bits per heavy atom. The molecule has 1 saturated carbocycles. The van der Waals surface area contributed by atoms with Crippen molar-refractivity contribution in [1.82, 2.24) is 0 Å². The monoisotopic (exact) mass is 112 g/mol. The van der Waals surface area contributed by atoms with Gasteiger partial charge in [0.25, 0.3) is 0 Å². The summed E-state index contributed by atoms with van der Waals surface area (Å²) in [5.74, 6) is 0. The van der Waals surface area contributed by atoms with Crippen LogP contribution >= 0.6 is 0 Å². The lowest BCUT2D eigenvalue weighted by atomic mass is 10.2. The molecule has 2 rings (SSSR count). The quantitative estimate of drug-likeness (QED) is 0.463. The molecule has 2 aliphatic rings. The second-order valence-corrected chi connectivity index (χ2v) is 3.15. The normalized spacial score (nSPS) is 40.9. The molecule has 1 heterocycles. The molecule has 0 aromatic rings. The lowest BCUT2D eigenvalue weighted by Gasteiger charge is -2.05. The Labute approximate surface area is 50.0 Å². The minimum absolute atomic E-state index is 0.416. The van der Waals surface area contributed by atoms with Crippen molar-refractivity contribution < 1.29 is 4.74 Å². The smallest absolute Gasteiger partial charge is 0.0689 e. The van der Waals surface area contributed by atoms with Crippen molar-refractivity contribution in [3.8, 4) is 0 Å². The van der Waals surface area contributed by atoms with Crippen LogP contribution in [0.1, 0.15) is 32.6 Å². The molecule has 1 atom stereocenters. The zero-order valence-electron chi connectivity index (χ0n) is 5.31. The highest BCUT2D eigenvalue weighted by atomic mass is 16.5. The van der Waals surface area contributed by atoms with Crippen LogP contribution in [0.2, 0.25) is 0 Å². The summed E-state index contributed by atoms with van der Waals surface area (Å²) in [6, 6.07) is 0. The van der Waals surface area contributed by atoms with Gasteiger partial charge in [0.1, 0.15) is 0 Å². The van der Waals surface area contributed by atoms with Crippen LogP contribution in [0.4, 0.5) is 0 Å². The van der Waals surface area contributed by atoms with E-state index in [0.29, 0.717) is 11.7 Å². The summed E-state index contributed by atoms with van der Waals surface area (Å²) < 4.78 is 5.66. The molecule has 1 aliphatic heterocycles. The van der Waals surface area contributed by atoms with Crippen LogP contribution < -0.4 is 0 Å². The van der Waals surface area contributed by atoms with Crippen molar-refractivity contribution in [2.24, 2.45) is 0 Å². The highest BCUT2D eigenvalue weighted by Crippen LogP contribution is 2.49. The molecular formula is C7H12O. The van der Waals surface area contributed by atoms with Gasteiger partial charge in [-0.3, -0.25) is 0 Å². The Bertz CT molecular complexity index is 105. The molecule has 0 aromatic carbocycles. The SMILES string of the molecule is C[C@@H]1CCC2(CC2)O1. The van der Waals surface area contributed by atoms with E-state index < -0.39 is 0 Å². The van der Waals surface area contributed by atoms with Crippen molar-refractivity contribution in [1.29, 1.82) is 0 Å². The van der Waals surface area contributed by atoms with Crippen LogP contribution in [0, 0.1) is 0 Å². The largest absolute Gasteiger partial charge is 0.372 e. The lowest BCUT2D eigenvalue weighted by molar-refractivity contribution is 0.0384. The summed E-state index contributed by atoms with van der Waals surface area (Å²) in [6.07, 6.45) is 5.83. The molecule has 0 bridgehead atoms. The van der Waals surface area contributed by atoms with Crippen LogP contribution in [0.3, 0.4) is 0 Å². The predicted molar refractivity (Wildman–Crippen MR) is 31.7 cm³/mol. The minimum Gasteiger partial charge on any atom is -0.372 e. The van der Waals surface area contributed by atoms with Gasteiger partial charge in [0.05, 0.1) is 11.7 Å². The van der Waals surface area contributed by atoms with Gasteiger partial charge in [0.2, 0.25) is 0 Å². The van der Waals surface area contributed by atoms with E-state index in [2.05, 4.69) is 6.92 Å². The van der Waals surface area contributed by atoms with E-state index in [1.165, 1.54) is 25.7 Å². The molecule has 0 amide bonds. The van der Waals surface area contributed by atoms with Crippen molar-refractivity contribution in [3.63, 3.8) is 0 Å². The third-order valence-electron chi connectivity index (χ3n) is 2.27. The summed E-state index contributed by atoms with van der Waals surface area (Å²) in [5, 5.41) is 0. The first kappa shape index (κ1) is 4.80. The van der Waals surface area contributed by atoms with E-state index in [1.54, 1.807) is 0 Å². The minimum atomic E-state index is 0.416. The number of hydrogen-bond acceptors (Lipinski definition) is 1. The average molecular weight is 112 g/mol. The van der Waals surface area contributed by atoms with E-state index in [1.807, 2.05) is 0 Å². The molecule has 0 N–H and O–H groups in total. The maximum absolute atomic E-state index is 5.66. The van der Waals surface area contributed by atoms with Gasteiger partial charge in [-0.1, -0.05) is 0 Å². The van der Waals surface area contributed by atoms with Crippen LogP contribution in [0.15, 0.2) is 0 Å². The first-order valence-electron chi connectivity index (χ1n) is 3.49. The summed E-state index contributed by atoms with van der Waals surface area (Å²) >= 11 is 0. The Hall–Kier alpha value is -0.0400. The van der Waals surface area contributed by atoms with Gasteiger partial charge in [-0.05, 0) is 32.6 Å². The standard InChI is InChI=1S/C7H12O/c1-6-2-3-7(8-6)4-5-7/h6H,2-5H2,1H3/t6-/m1/s1.